The summed E-state index contributed by atoms with van der Waals surface area (Å²) in [7, 11) is 0. The average molecular weight is 463 g/mol. The quantitative estimate of drug-likeness (QED) is 0.298. The molecule has 0 aromatic heterocycles. The van der Waals surface area contributed by atoms with Crippen molar-refractivity contribution in [3.8, 4) is 16.9 Å². The average Bonchev–Trinajstić information content (AvgIpc) is 3.68. The van der Waals surface area contributed by atoms with E-state index in [1.165, 1.54) is 5.56 Å². The van der Waals surface area contributed by atoms with E-state index in [1.54, 1.807) is 0 Å². The molecule has 0 aliphatic heterocycles. The summed E-state index contributed by atoms with van der Waals surface area (Å²) in [5.41, 5.74) is 4.98. The molecule has 35 heavy (non-hydrogen) atoms. The Labute approximate surface area is 207 Å². The van der Waals surface area contributed by atoms with Crippen molar-refractivity contribution >= 4 is 11.6 Å². The third-order valence-electron chi connectivity index (χ3n) is 6.38. The Kier molecular flexibility index (Phi) is 6.92. The number of ether oxygens (including phenoxy) is 1. The first-order valence-electron chi connectivity index (χ1n) is 12.2. The summed E-state index contributed by atoms with van der Waals surface area (Å²) >= 11 is 0. The first-order valence-corrected chi connectivity index (χ1v) is 12.2. The number of carbonyl (C=O) groups excluding carboxylic acids is 1. The molecule has 4 aromatic carbocycles. The number of carbonyl (C=O) groups is 1. The van der Waals surface area contributed by atoms with Gasteiger partial charge in [-0.05, 0) is 66.4 Å². The molecule has 3 unspecified atom stereocenters. The molecular weight excluding hydrogens is 432 g/mol. The summed E-state index contributed by atoms with van der Waals surface area (Å²) in [6, 6.07) is 36.7. The Morgan fingerprint density at radius 1 is 0.829 bits per heavy atom. The fraction of sp³-hybridized carbons (Fsp3) is 0.194. The van der Waals surface area contributed by atoms with Gasteiger partial charge in [-0.2, -0.15) is 0 Å². The van der Waals surface area contributed by atoms with Crippen molar-refractivity contribution in [2.75, 3.05) is 11.9 Å². The van der Waals surface area contributed by atoms with E-state index in [0.717, 1.165) is 29.0 Å². The van der Waals surface area contributed by atoms with Gasteiger partial charge in [0.25, 0.3) is 5.91 Å². The summed E-state index contributed by atoms with van der Waals surface area (Å²) in [5, 5.41) is 6.67. The molecule has 2 N–H and O–H groups in total. The molecule has 0 heterocycles. The van der Waals surface area contributed by atoms with Crippen LogP contribution in [0.1, 0.15) is 35.2 Å². The van der Waals surface area contributed by atoms with E-state index in [2.05, 4.69) is 41.8 Å². The number of amides is 1. The normalized spacial score (nSPS) is 17.4. The maximum atomic E-state index is 12.7. The van der Waals surface area contributed by atoms with Gasteiger partial charge in [0.05, 0.1) is 0 Å². The van der Waals surface area contributed by atoms with Crippen LogP contribution in [0.25, 0.3) is 11.1 Å². The summed E-state index contributed by atoms with van der Waals surface area (Å²) in [5.74, 6) is 1.30. The minimum atomic E-state index is -0.101. The van der Waals surface area contributed by atoms with Crippen LogP contribution in [0.3, 0.4) is 0 Å². The number of benzene rings is 4. The highest BCUT2D eigenvalue weighted by atomic mass is 16.5. The fourth-order valence-electron chi connectivity index (χ4n) is 4.36. The number of anilines is 1. The van der Waals surface area contributed by atoms with Gasteiger partial charge in [0.15, 0.2) is 0 Å². The highest BCUT2D eigenvalue weighted by molar-refractivity contribution is 6.04. The number of hydrogen-bond donors (Lipinski definition) is 2. The van der Waals surface area contributed by atoms with Crippen LogP contribution in [0.2, 0.25) is 0 Å². The monoisotopic (exact) mass is 462 g/mol. The molecular formula is C31H30N2O2. The smallest absolute Gasteiger partial charge is 0.255 e. The Balaban J connectivity index is 1.10. The van der Waals surface area contributed by atoms with Gasteiger partial charge in [-0.1, -0.05) is 72.8 Å². The molecule has 4 nitrogen and oxygen atoms in total. The molecule has 0 saturated heterocycles. The van der Waals surface area contributed by atoms with Gasteiger partial charge in [0, 0.05) is 29.3 Å². The van der Waals surface area contributed by atoms with Crippen LogP contribution < -0.4 is 15.4 Å². The van der Waals surface area contributed by atoms with Gasteiger partial charge >= 0.3 is 0 Å². The zero-order valence-electron chi connectivity index (χ0n) is 19.9. The fourth-order valence-corrected chi connectivity index (χ4v) is 4.36. The Morgan fingerprint density at radius 3 is 2.14 bits per heavy atom. The molecule has 1 saturated carbocycles. The number of hydrogen-bond acceptors (Lipinski definition) is 3. The van der Waals surface area contributed by atoms with Crippen LogP contribution in [-0.2, 0) is 0 Å². The van der Waals surface area contributed by atoms with Crippen LogP contribution in [-0.4, -0.2) is 24.6 Å². The third-order valence-corrected chi connectivity index (χ3v) is 6.38. The second-order valence-electron chi connectivity index (χ2n) is 9.16. The summed E-state index contributed by atoms with van der Waals surface area (Å²) in [4.78, 5) is 12.7. The number of nitrogens with one attached hydrogen (secondary N) is 2. The van der Waals surface area contributed by atoms with Crippen LogP contribution in [0, 0.1) is 0 Å². The molecule has 1 aliphatic rings. The predicted octanol–water partition coefficient (Wildman–Crippen LogP) is 6.52. The standard InChI is InChI=1S/C31H30N2O2/c1-22(21-35-28-10-6-3-7-11-28)32-30-20-29(30)25-16-18-27(19-17-25)33-31(34)26-14-12-24(13-15-26)23-8-4-2-5-9-23/h2-19,22,29-30,32H,20-21H2,1H3,(H,33,34). The molecule has 176 valence electrons. The molecule has 4 heteroatoms. The molecule has 3 atom stereocenters. The lowest BCUT2D eigenvalue weighted by Gasteiger charge is -2.15. The molecule has 1 fully saturated rings. The van der Waals surface area contributed by atoms with E-state index in [-0.39, 0.29) is 11.9 Å². The molecule has 1 amide bonds. The van der Waals surface area contributed by atoms with E-state index in [4.69, 9.17) is 4.74 Å². The first kappa shape index (κ1) is 22.9. The molecule has 0 radical (unpaired) electrons. The van der Waals surface area contributed by atoms with Gasteiger partial charge in [-0.3, -0.25) is 4.79 Å². The van der Waals surface area contributed by atoms with Crippen molar-refractivity contribution in [1.29, 1.82) is 0 Å². The van der Waals surface area contributed by atoms with Gasteiger partial charge in [0.2, 0.25) is 0 Å². The van der Waals surface area contributed by atoms with E-state index in [9.17, 15) is 4.79 Å². The van der Waals surface area contributed by atoms with Crippen molar-refractivity contribution < 1.29 is 9.53 Å². The van der Waals surface area contributed by atoms with Crippen molar-refractivity contribution in [1.82, 2.24) is 5.32 Å². The predicted molar refractivity (Wildman–Crippen MR) is 142 cm³/mol. The van der Waals surface area contributed by atoms with Crippen LogP contribution in [0.4, 0.5) is 5.69 Å². The minimum absolute atomic E-state index is 0.101. The van der Waals surface area contributed by atoms with Crippen LogP contribution in [0.5, 0.6) is 5.75 Å². The van der Waals surface area contributed by atoms with E-state index in [0.29, 0.717) is 24.1 Å². The maximum Gasteiger partial charge on any atom is 0.255 e. The van der Waals surface area contributed by atoms with Crippen molar-refractivity contribution in [2.45, 2.75) is 31.3 Å². The van der Waals surface area contributed by atoms with E-state index in [1.807, 2.05) is 84.9 Å². The van der Waals surface area contributed by atoms with E-state index >= 15 is 0 Å². The Bertz CT molecular complexity index is 1240. The van der Waals surface area contributed by atoms with Crippen molar-refractivity contribution in [3.05, 3.63) is 120 Å². The molecule has 4 aromatic rings. The lowest BCUT2D eigenvalue weighted by atomic mass is 10.0. The van der Waals surface area contributed by atoms with Gasteiger partial charge in [0.1, 0.15) is 12.4 Å². The van der Waals surface area contributed by atoms with Gasteiger partial charge < -0.3 is 15.4 Å². The second kappa shape index (κ2) is 10.6. The second-order valence-corrected chi connectivity index (χ2v) is 9.16. The van der Waals surface area contributed by atoms with Crippen molar-refractivity contribution in [2.24, 2.45) is 0 Å². The SMILES string of the molecule is CC(COc1ccccc1)NC1CC1c1ccc(NC(=O)c2ccc(-c3ccccc3)cc2)cc1. The van der Waals surface area contributed by atoms with Crippen molar-refractivity contribution in [3.63, 3.8) is 0 Å². The lowest BCUT2D eigenvalue weighted by molar-refractivity contribution is 0.102. The number of para-hydroxylation sites is 1. The molecule has 0 spiro atoms. The van der Waals surface area contributed by atoms with Gasteiger partial charge in [-0.15, -0.1) is 0 Å². The molecule has 1 aliphatic carbocycles. The lowest BCUT2D eigenvalue weighted by Crippen LogP contribution is -2.34. The Morgan fingerprint density at radius 2 is 1.46 bits per heavy atom. The Hall–Kier alpha value is -3.89. The highest BCUT2D eigenvalue weighted by Crippen LogP contribution is 2.41. The minimum Gasteiger partial charge on any atom is -0.492 e. The summed E-state index contributed by atoms with van der Waals surface area (Å²) in [6.07, 6.45) is 1.12. The van der Waals surface area contributed by atoms with E-state index < -0.39 is 0 Å². The summed E-state index contributed by atoms with van der Waals surface area (Å²) in [6.45, 7) is 2.80. The summed E-state index contributed by atoms with van der Waals surface area (Å²) < 4.78 is 5.85. The van der Waals surface area contributed by atoms with Crippen LogP contribution in [0.15, 0.2) is 109 Å². The molecule has 5 rings (SSSR count). The van der Waals surface area contributed by atoms with Crippen LogP contribution >= 0.6 is 0 Å². The largest absolute Gasteiger partial charge is 0.492 e. The molecule has 0 bridgehead atoms. The zero-order valence-corrected chi connectivity index (χ0v) is 19.9. The van der Waals surface area contributed by atoms with Gasteiger partial charge in [-0.25, -0.2) is 0 Å². The zero-order chi connectivity index (χ0) is 24.0. The third kappa shape index (κ3) is 5.97. The topological polar surface area (TPSA) is 50.4 Å². The highest BCUT2D eigenvalue weighted by Gasteiger charge is 2.38. The first-order chi connectivity index (χ1) is 17.2. The maximum absolute atomic E-state index is 12.7. The number of rotatable bonds is 9.